The summed E-state index contributed by atoms with van der Waals surface area (Å²) in [6.07, 6.45) is 5.58. The first-order chi connectivity index (χ1) is 16.1. The summed E-state index contributed by atoms with van der Waals surface area (Å²) in [5.74, 6) is 0.809. The van der Waals surface area contributed by atoms with Crippen LogP contribution in [0.4, 0.5) is 0 Å². The third-order valence-electron chi connectivity index (χ3n) is 4.67. The van der Waals surface area contributed by atoms with Gasteiger partial charge in [0.1, 0.15) is 17.5 Å². The minimum absolute atomic E-state index is 0.250. The molecule has 9 heteroatoms. The SMILES string of the molecule is COc1cccc(-n2cc(CN(C)Cc3ccc(-c4cccnc4C#N)s3)cn2)c1.O=CO. The van der Waals surface area contributed by atoms with E-state index >= 15 is 0 Å². The molecule has 0 atom stereocenters. The maximum absolute atomic E-state index is 9.28. The zero-order valence-corrected chi connectivity index (χ0v) is 19.1. The van der Waals surface area contributed by atoms with Gasteiger partial charge in [-0.1, -0.05) is 6.07 Å². The molecule has 3 heterocycles. The Labute approximate surface area is 195 Å². The second-order valence-corrected chi connectivity index (χ2v) is 8.22. The van der Waals surface area contributed by atoms with Crippen LogP contribution in [0.5, 0.6) is 5.75 Å². The lowest BCUT2D eigenvalue weighted by molar-refractivity contribution is -0.122. The van der Waals surface area contributed by atoms with Crippen LogP contribution in [0.2, 0.25) is 0 Å². The molecule has 0 fully saturated rings. The second-order valence-electron chi connectivity index (χ2n) is 7.05. The van der Waals surface area contributed by atoms with Crippen molar-refractivity contribution in [2.75, 3.05) is 14.2 Å². The van der Waals surface area contributed by atoms with Gasteiger partial charge in [-0.25, -0.2) is 9.67 Å². The van der Waals surface area contributed by atoms with Crippen molar-refractivity contribution < 1.29 is 14.6 Å². The molecule has 0 aliphatic carbocycles. The Balaban J connectivity index is 0.000000968. The van der Waals surface area contributed by atoms with E-state index in [9.17, 15) is 5.26 Å². The van der Waals surface area contributed by atoms with Crippen LogP contribution in [-0.2, 0) is 17.9 Å². The summed E-state index contributed by atoms with van der Waals surface area (Å²) in [5, 5.41) is 20.7. The van der Waals surface area contributed by atoms with Gasteiger partial charge in [-0.05, 0) is 43.4 Å². The molecule has 1 aromatic carbocycles. The Hall–Kier alpha value is -4.00. The highest BCUT2D eigenvalue weighted by Crippen LogP contribution is 2.30. The first-order valence-corrected chi connectivity index (χ1v) is 10.8. The molecule has 4 aromatic rings. The highest BCUT2D eigenvalue weighted by atomic mass is 32.1. The van der Waals surface area contributed by atoms with Gasteiger partial charge in [0, 0.05) is 52.4 Å². The average Bonchev–Trinajstić information content (AvgIpc) is 3.49. The summed E-state index contributed by atoms with van der Waals surface area (Å²) < 4.78 is 7.15. The van der Waals surface area contributed by atoms with Gasteiger partial charge in [0.15, 0.2) is 0 Å². The van der Waals surface area contributed by atoms with Gasteiger partial charge in [0.05, 0.1) is 19.0 Å². The zero-order chi connectivity index (χ0) is 23.6. The normalized spacial score (nSPS) is 10.2. The lowest BCUT2D eigenvalue weighted by Crippen LogP contribution is -2.16. The van der Waals surface area contributed by atoms with Gasteiger partial charge < -0.3 is 9.84 Å². The molecule has 8 nitrogen and oxygen atoms in total. The van der Waals surface area contributed by atoms with Crippen LogP contribution in [0.25, 0.3) is 16.1 Å². The Morgan fingerprint density at radius 1 is 1.24 bits per heavy atom. The van der Waals surface area contributed by atoms with Gasteiger partial charge >= 0.3 is 0 Å². The molecule has 33 heavy (non-hydrogen) atoms. The maximum atomic E-state index is 9.28. The molecule has 0 saturated carbocycles. The molecular formula is C24H23N5O3S. The molecule has 0 saturated heterocycles. The predicted octanol–water partition coefficient (Wildman–Crippen LogP) is 4.21. The molecule has 168 valence electrons. The fourth-order valence-corrected chi connectivity index (χ4v) is 4.38. The van der Waals surface area contributed by atoms with Crippen LogP contribution in [-0.4, -0.2) is 45.4 Å². The number of carbonyl (C=O) groups is 1. The summed E-state index contributed by atoms with van der Waals surface area (Å²) in [7, 11) is 3.75. The van der Waals surface area contributed by atoms with E-state index in [1.807, 2.05) is 53.5 Å². The van der Waals surface area contributed by atoms with Crippen LogP contribution >= 0.6 is 11.3 Å². The summed E-state index contributed by atoms with van der Waals surface area (Å²) in [4.78, 5) is 17.1. The number of carboxylic acid groups (broad SMARTS) is 1. The first kappa shape index (κ1) is 23.7. The Kier molecular flexibility index (Phi) is 8.30. The summed E-state index contributed by atoms with van der Waals surface area (Å²) >= 11 is 1.69. The van der Waals surface area contributed by atoms with Gasteiger partial charge in [-0.3, -0.25) is 9.69 Å². The molecule has 0 spiro atoms. The molecule has 0 radical (unpaired) electrons. The highest BCUT2D eigenvalue weighted by molar-refractivity contribution is 7.15. The van der Waals surface area contributed by atoms with Crippen molar-refractivity contribution in [3.8, 4) is 27.9 Å². The summed E-state index contributed by atoms with van der Waals surface area (Å²) in [6.45, 7) is 1.35. The Morgan fingerprint density at radius 3 is 2.82 bits per heavy atom. The number of methoxy groups -OCH3 is 1. The van der Waals surface area contributed by atoms with Gasteiger partial charge in [-0.15, -0.1) is 11.3 Å². The van der Waals surface area contributed by atoms with Crippen LogP contribution in [0, 0.1) is 11.3 Å². The standard InChI is InChI=1S/C23H21N5OS.CH2O2/c1-27(14-17-13-26-28(15-17)18-5-3-6-19(11-18)29-2)16-20-8-9-23(30-20)21-7-4-10-25-22(21)12-24;2-1-3/h3-11,13,15H,14,16H2,1-2H3;1H,(H,2,3). The number of nitriles is 1. The number of aromatic nitrogens is 3. The van der Waals surface area contributed by atoms with Crippen molar-refractivity contribution in [3.05, 3.63) is 83.3 Å². The monoisotopic (exact) mass is 461 g/mol. The van der Waals surface area contributed by atoms with E-state index in [0.29, 0.717) is 5.69 Å². The summed E-state index contributed by atoms with van der Waals surface area (Å²) in [6, 6.07) is 18.0. The fourth-order valence-electron chi connectivity index (χ4n) is 3.27. The topological polar surface area (TPSA) is 104 Å². The smallest absolute Gasteiger partial charge is 0.290 e. The van der Waals surface area contributed by atoms with Crippen molar-refractivity contribution in [1.29, 1.82) is 5.26 Å². The minimum Gasteiger partial charge on any atom is -0.497 e. The molecule has 1 N–H and O–H groups in total. The van der Waals surface area contributed by atoms with Crippen molar-refractivity contribution >= 4 is 17.8 Å². The van der Waals surface area contributed by atoms with E-state index in [1.165, 1.54) is 4.88 Å². The van der Waals surface area contributed by atoms with E-state index in [2.05, 4.69) is 40.2 Å². The number of hydrogen-bond acceptors (Lipinski definition) is 7. The average molecular weight is 462 g/mol. The van der Waals surface area contributed by atoms with Gasteiger partial charge in [-0.2, -0.15) is 10.4 Å². The fraction of sp³-hybridized carbons (Fsp3) is 0.167. The van der Waals surface area contributed by atoms with Crippen LogP contribution in [0.1, 0.15) is 16.1 Å². The molecule has 0 bridgehead atoms. The number of rotatable bonds is 7. The first-order valence-electron chi connectivity index (χ1n) is 9.96. The zero-order valence-electron chi connectivity index (χ0n) is 18.3. The second kappa shape index (κ2) is 11.6. The minimum atomic E-state index is -0.250. The third kappa shape index (κ3) is 6.26. The van der Waals surface area contributed by atoms with E-state index < -0.39 is 0 Å². The maximum Gasteiger partial charge on any atom is 0.290 e. The van der Waals surface area contributed by atoms with Crippen LogP contribution in [0.3, 0.4) is 0 Å². The van der Waals surface area contributed by atoms with E-state index in [0.717, 1.165) is 40.5 Å². The quantitative estimate of drug-likeness (QED) is 0.411. The third-order valence-corrected chi connectivity index (χ3v) is 5.78. The number of thiophene rings is 1. The predicted molar refractivity (Wildman–Crippen MR) is 126 cm³/mol. The highest BCUT2D eigenvalue weighted by Gasteiger charge is 2.11. The largest absolute Gasteiger partial charge is 0.497 e. The Morgan fingerprint density at radius 2 is 2.06 bits per heavy atom. The molecule has 4 rings (SSSR count). The van der Waals surface area contributed by atoms with Crippen molar-refractivity contribution in [2.24, 2.45) is 0 Å². The number of pyridine rings is 1. The number of benzene rings is 1. The lowest BCUT2D eigenvalue weighted by Gasteiger charge is -2.14. The van der Waals surface area contributed by atoms with Crippen molar-refractivity contribution in [2.45, 2.75) is 13.1 Å². The molecule has 0 unspecified atom stereocenters. The van der Waals surface area contributed by atoms with E-state index in [-0.39, 0.29) is 6.47 Å². The molecule has 0 amide bonds. The Bertz CT molecular complexity index is 1240. The van der Waals surface area contributed by atoms with E-state index in [1.54, 1.807) is 24.6 Å². The summed E-state index contributed by atoms with van der Waals surface area (Å²) in [5.41, 5.74) is 3.45. The molecule has 3 aromatic heterocycles. The van der Waals surface area contributed by atoms with Crippen LogP contribution < -0.4 is 4.74 Å². The molecule has 0 aliphatic heterocycles. The van der Waals surface area contributed by atoms with Crippen molar-refractivity contribution in [1.82, 2.24) is 19.7 Å². The van der Waals surface area contributed by atoms with Crippen molar-refractivity contribution in [3.63, 3.8) is 0 Å². The lowest BCUT2D eigenvalue weighted by atomic mass is 10.2. The van der Waals surface area contributed by atoms with E-state index in [4.69, 9.17) is 14.6 Å². The van der Waals surface area contributed by atoms with Gasteiger partial charge in [0.2, 0.25) is 0 Å². The molecule has 0 aliphatic rings. The van der Waals surface area contributed by atoms with Crippen LogP contribution in [0.15, 0.2) is 67.1 Å². The van der Waals surface area contributed by atoms with Gasteiger partial charge in [0.25, 0.3) is 6.47 Å². The molecular weight excluding hydrogens is 438 g/mol. The number of nitrogens with zero attached hydrogens (tertiary/aromatic N) is 5. The number of ether oxygens (including phenoxy) is 1. The number of hydrogen-bond donors (Lipinski definition) is 1.